The second-order valence-corrected chi connectivity index (χ2v) is 6.80. The molecule has 1 saturated carbocycles. The van der Waals surface area contributed by atoms with Crippen LogP contribution in [0.5, 0.6) is 5.75 Å². The molecule has 6 heteroatoms. The van der Waals surface area contributed by atoms with Crippen LogP contribution >= 0.6 is 0 Å². The van der Waals surface area contributed by atoms with Gasteiger partial charge in [-0.15, -0.1) is 0 Å². The summed E-state index contributed by atoms with van der Waals surface area (Å²) in [5, 5.41) is 12.5. The molecule has 3 rings (SSSR count). The Kier molecular flexibility index (Phi) is 4.97. The van der Waals surface area contributed by atoms with Gasteiger partial charge in [0.15, 0.2) is 0 Å². The van der Waals surface area contributed by atoms with E-state index in [1.807, 2.05) is 24.3 Å². The topological polar surface area (TPSA) is 78.9 Å². The zero-order valence-corrected chi connectivity index (χ0v) is 14.2. The maximum absolute atomic E-state index is 12.5. The second kappa shape index (κ2) is 7.17. The molecule has 0 radical (unpaired) electrons. The summed E-state index contributed by atoms with van der Waals surface area (Å²) in [6.07, 6.45) is 4.15. The van der Waals surface area contributed by atoms with Crippen LogP contribution in [0.3, 0.4) is 0 Å². The maximum Gasteiger partial charge on any atom is 0.317 e. The molecular formula is C19H24N2O4. The highest BCUT2D eigenvalue weighted by molar-refractivity contribution is 5.80. The third-order valence-corrected chi connectivity index (χ3v) is 5.34. The number of ether oxygens (including phenoxy) is 1. The van der Waals surface area contributed by atoms with Gasteiger partial charge in [0.05, 0.1) is 5.41 Å². The Morgan fingerprint density at radius 2 is 2.24 bits per heavy atom. The van der Waals surface area contributed by atoms with E-state index in [4.69, 9.17) is 4.74 Å². The number of rotatable bonds is 6. The van der Waals surface area contributed by atoms with E-state index in [0.717, 1.165) is 18.4 Å². The summed E-state index contributed by atoms with van der Waals surface area (Å²) in [5.74, 6) is 0.00966. The number of carboxylic acids is 1. The number of para-hydroxylation sites is 1. The largest absolute Gasteiger partial charge is 0.489 e. The molecule has 1 heterocycles. The average Bonchev–Trinajstić information content (AvgIpc) is 3.17. The zero-order chi connectivity index (χ0) is 17.9. The SMILES string of the molecule is C=CCOc1ccccc1CNC(=O)N1C[C@@H]2CCC[C@@]2(C(=O)O)C1. The number of carbonyl (C=O) groups is 2. The van der Waals surface area contributed by atoms with E-state index in [2.05, 4.69) is 11.9 Å². The summed E-state index contributed by atoms with van der Waals surface area (Å²) < 4.78 is 5.59. The minimum Gasteiger partial charge on any atom is -0.489 e. The summed E-state index contributed by atoms with van der Waals surface area (Å²) >= 11 is 0. The molecule has 1 aliphatic carbocycles. The normalized spacial score (nSPS) is 24.6. The van der Waals surface area contributed by atoms with Crippen LogP contribution in [0.1, 0.15) is 24.8 Å². The summed E-state index contributed by atoms with van der Waals surface area (Å²) in [7, 11) is 0. The first-order chi connectivity index (χ1) is 12.1. The van der Waals surface area contributed by atoms with Crippen LogP contribution in [0, 0.1) is 11.3 Å². The minimum atomic E-state index is -0.770. The van der Waals surface area contributed by atoms with Crippen molar-refractivity contribution in [2.24, 2.45) is 11.3 Å². The first-order valence-corrected chi connectivity index (χ1v) is 8.64. The van der Waals surface area contributed by atoms with E-state index in [0.29, 0.717) is 38.4 Å². The lowest BCUT2D eigenvalue weighted by Gasteiger charge is -2.23. The van der Waals surface area contributed by atoms with Crippen molar-refractivity contribution in [3.8, 4) is 5.75 Å². The van der Waals surface area contributed by atoms with Gasteiger partial charge in [-0.3, -0.25) is 4.79 Å². The Hall–Kier alpha value is -2.50. The van der Waals surface area contributed by atoms with Gasteiger partial charge in [0, 0.05) is 25.2 Å². The van der Waals surface area contributed by atoms with Crippen molar-refractivity contribution in [3.05, 3.63) is 42.5 Å². The lowest BCUT2D eigenvalue weighted by Crippen LogP contribution is -2.41. The van der Waals surface area contributed by atoms with Gasteiger partial charge in [0.1, 0.15) is 12.4 Å². The van der Waals surface area contributed by atoms with E-state index in [-0.39, 0.29) is 11.9 Å². The molecule has 2 fully saturated rings. The quantitative estimate of drug-likeness (QED) is 0.778. The van der Waals surface area contributed by atoms with Crippen molar-refractivity contribution in [1.29, 1.82) is 0 Å². The van der Waals surface area contributed by atoms with Crippen LogP contribution in [0.25, 0.3) is 0 Å². The molecule has 2 N–H and O–H groups in total. The molecule has 0 spiro atoms. The number of likely N-dealkylation sites (tertiary alicyclic amines) is 1. The lowest BCUT2D eigenvalue weighted by atomic mass is 9.81. The molecule has 0 bridgehead atoms. The molecule has 2 amide bonds. The van der Waals surface area contributed by atoms with Crippen molar-refractivity contribution in [1.82, 2.24) is 10.2 Å². The number of aliphatic carboxylic acids is 1. The van der Waals surface area contributed by atoms with Crippen molar-refractivity contribution < 1.29 is 19.4 Å². The number of urea groups is 1. The van der Waals surface area contributed by atoms with Gasteiger partial charge >= 0.3 is 12.0 Å². The predicted molar refractivity (Wildman–Crippen MR) is 93.4 cm³/mol. The van der Waals surface area contributed by atoms with Gasteiger partial charge in [-0.05, 0) is 24.8 Å². The van der Waals surface area contributed by atoms with Gasteiger partial charge in [0.25, 0.3) is 0 Å². The molecule has 1 saturated heterocycles. The third kappa shape index (κ3) is 3.34. The summed E-state index contributed by atoms with van der Waals surface area (Å²) in [5.41, 5.74) is 0.132. The van der Waals surface area contributed by atoms with Gasteiger partial charge < -0.3 is 20.1 Å². The van der Waals surface area contributed by atoms with E-state index in [9.17, 15) is 14.7 Å². The van der Waals surface area contributed by atoms with Gasteiger partial charge in [-0.25, -0.2) is 4.79 Å². The van der Waals surface area contributed by atoms with Crippen LogP contribution in [0.2, 0.25) is 0 Å². The highest BCUT2D eigenvalue weighted by Crippen LogP contribution is 2.48. The van der Waals surface area contributed by atoms with E-state index in [1.54, 1.807) is 11.0 Å². The Bertz CT molecular complexity index is 675. The number of hydrogen-bond donors (Lipinski definition) is 2. The van der Waals surface area contributed by atoms with Gasteiger partial charge in [-0.1, -0.05) is 37.3 Å². The Morgan fingerprint density at radius 3 is 2.96 bits per heavy atom. The summed E-state index contributed by atoms with van der Waals surface area (Å²) in [6.45, 7) is 5.19. The number of nitrogens with zero attached hydrogens (tertiary/aromatic N) is 1. The number of benzene rings is 1. The molecule has 134 valence electrons. The number of carbonyl (C=O) groups excluding carboxylic acids is 1. The highest BCUT2D eigenvalue weighted by atomic mass is 16.5. The van der Waals surface area contributed by atoms with Crippen molar-refractivity contribution in [3.63, 3.8) is 0 Å². The number of fused-ring (bicyclic) bond motifs is 1. The zero-order valence-electron chi connectivity index (χ0n) is 14.2. The fourth-order valence-electron chi connectivity index (χ4n) is 4.02. The fourth-order valence-corrected chi connectivity index (χ4v) is 4.02. The average molecular weight is 344 g/mol. The number of hydrogen-bond acceptors (Lipinski definition) is 3. The highest BCUT2D eigenvalue weighted by Gasteiger charge is 2.55. The lowest BCUT2D eigenvalue weighted by molar-refractivity contribution is -0.149. The smallest absolute Gasteiger partial charge is 0.317 e. The molecule has 0 unspecified atom stereocenters. The van der Waals surface area contributed by atoms with Crippen molar-refractivity contribution in [2.75, 3.05) is 19.7 Å². The molecule has 2 atom stereocenters. The van der Waals surface area contributed by atoms with Gasteiger partial charge in [-0.2, -0.15) is 0 Å². The van der Waals surface area contributed by atoms with Crippen LogP contribution in [-0.4, -0.2) is 41.7 Å². The number of carboxylic acid groups (broad SMARTS) is 1. The Morgan fingerprint density at radius 1 is 1.44 bits per heavy atom. The number of amides is 2. The van der Waals surface area contributed by atoms with E-state index < -0.39 is 11.4 Å². The number of nitrogens with one attached hydrogen (secondary N) is 1. The van der Waals surface area contributed by atoms with Crippen molar-refractivity contribution in [2.45, 2.75) is 25.8 Å². The molecule has 0 aromatic heterocycles. The van der Waals surface area contributed by atoms with Crippen LogP contribution in [0.15, 0.2) is 36.9 Å². The molecule has 25 heavy (non-hydrogen) atoms. The first-order valence-electron chi connectivity index (χ1n) is 8.64. The van der Waals surface area contributed by atoms with Gasteiger partial charge in [0.2, 0.25) is 0 Å². The minimum absolute atomic E-state index is 0.0685. The molecule has 1 aromatic carbocycles. The standard InChI is InChI=1S/C19H24N2O4/c1-2-10-25-16-8-4-3-6-14(16)11-20-18(24)21-12-15-7-5-9-19(15,13-21)17(22)23/h2-4,6,8,15H,1,5,7,9-13H2,(H,20,24)(H,22,23)/t15-,19+/m0/s1. The van der Waals surface area contributed by atoms with Crippen LogP contribution in [-0.2, 0) is 11.3 Å². The monoisotopic (exact) mass is 344 g/mol. The third-order valence-electron chi connectivity index (χ3n) is 5.34. The van der Waals surface area contributed by atoms with Crippen LogP contribution in [0.4, 0.5) is 4.79 Å². The van der Waals surface area contributed by atoms with E-state index >= 15 is 0 Å². The van der Waals surface area contributed by atoms with Crippen molar-refractivity contribution >= 4 is 12.0 Å². The van der Waals surface area contributed by atoms with Crippen LogP contribution < -0.4 is 10.1 Å². The fraction of sp³-hybridized carbons (Fsp3) is 0.474. The first kappa shape index (κ1) is 17.3. The molecule has 1 aliphatic heterocycles. The summed E-state index contributed by atoms with van der Waals surface area (Å²) in [4.78, 5) is 25.9. The summed E-state index contributed by atoms with van der Waals surface area (Å²) in [6, 6.07) is 7.30. The molecule has 6 nitrogen and oxygen atoms in total. The molecule has 2 aliphatic rings. The van der Waals surface area contributed by atoms with E-state index in [1.165, 1.54) is 0 Å². The Labute approximate surface area is 147 Å². The predicted octanol–water partition coefficient (Wildman–Crippen LogP) is 2.65. The maximum atomic E-state index is 12.5. The second-order valence-electron chi connectivity index (χ2n) is 6.80. The molecular weight excluding hydrogens is 320 g/mol. The Balaban J connectivity index is 1.61. The molecule has 1 aromatic rings.